The van der Waals surface area contributed by atoms with Gasteiger partial charge in [0, 0.05) is 0 Å². The van der Waals surface area contributed by atoms with Crippen LogP contribution in [-0.4, -0.2) is 7.11 Å². The van der Waals surface area contributed by atoms with Crippen molar-refractivity contribution in [3.63, 3.8) is 0 Å². The van der Waals surface area contributed by atoms with Crippen molar-refractivity contribution in [3.8, 4) is 6.07 Å². The van der Waals surface area contributed by atoms with Crippen LogP contribution in [0.25, 0.3) is 5.76 Å². The lowest BCUT2D eigenvalue weighted by Gasteiger charge is -1.98. The van der Waals surface area contributed by atoms with E-state index in [2.05, 4.69) is 15.9 Å². The van der Waals surface area contributed by atoms with Gasteiger partial charge in [-0.05, 0) is 28.1 Å². The maximum Gasteiger partial charge on any atom is 0.171 e. The van der Waals surface area contributed by atoms with Crippen molar-refractivity contribution in [2.45, 2.75) is 0 Å². The highest BCUT2D eigenvalue weighted by molar-refractivity contribution is 9.10. The van der Waals surface area contributed by atoms with E-state index in [0.717, 1.165) is 0 Å². The Hall–Kier alpha value is -1.21. The van der Waals surface area contributed by atoms with Crippen molar-refractivity contribution in [2.24, 2.45) is 0 Å². The van der Waals surface area contributed by atoms with Crippen LogP contribution < -0.4 is 0 Å². The molecule has 0 aliphatic heterocycles. The van der Waals surface area contributed by atoms with E-state index in [9.17, 15) is 0 Å². The molecular weight excluding hydrogens is 222 g/mol. The summed E-state index contributed by atoms with van der Waals surface area (Å²) in [6, 6.07) is 5.32. The van der Waals surface area contributed by atoms with Crippen LogP contribution in [-0.2, 0) is 4.74 Å². The van der Waals surface area contributed by atoms with Crippen LogP contribution in [0.15, 0.2) is 27.3 Å². The molecule has 1 aromatic rings. The summed E-state index contributed by atoms with van der Waals surface area (Å²) in [4.78, 5) is 0. The smallest absolute Gasteiger partial charge is 0.171 e. The van der Waals surface area contributed by atoms with Crippen LogP contribution >= 0.6 is 15.9 Å². The molecule has 0 aromatic carbocycles. The molecule has 0 aliphatic carbocycles. The third kappa shape index (κ3) is 1.89. The predicted octanol–water partition coefficient (Wildman–Crippen LogP) is 2.55. The summed E-state index contributed by atoms with van der Waals surface area (Å²) < 4.78 is 10.7. The van der Waals surface area contributed by atoms with Gasteiger partial charge in [-0.25, -0.2) is 0 Å². The molecule has 0 bridgehead atoms. The normalized spacial score (nSPS) is 10.9. The molecule has 0 fully saturated rings. The van der Waals surface area contributed by atoms with Gasteiger partial charge in [0.25, 0.3) is 0 Å². The molecule has 3 nitrogen and oxygen atoms in total. The van der Waals surface area contributed by atoms with E-state index < -0.39 is 0 Å². The molecule has 0 N–H and O–H groups in total. The standard InChI is InChI=1S/C8H6BrNO2/c1-11-6(4-5-10)7-2-3-8(9)12-7/h2-4H,1H3. The largest absolute Gasteiger partial charge is 0.492 e. The molecule has 0 unspecified atom stereocenters. The second-order valence-corrected chi connectivity index (χ2v) is 2.73. The minimum atomic E-state index is 0.420. The first-order valence-electron chi connectivity index (χ1n) is 3.17. The van der Waals surface area contributed by atoms with Crippen molar-refractivity contribution in [2.75, 3.05) is 7.11 Å². The summed E-state index contributed by atoms with van der Waals surface area (Å²) >= 11 is 3.15. The average Bonchev–Trinajstić information content (AvgIpc) is 2.47. The van der Waals surface area contributed by atoms with E-state index in [0.29, 0.717) is 16.2 Å². The van der Waals surface area contributed by atoms with E-state index in [4.69, 9.17) is 14.4 Å². The first-order valence-corrected chi connectivity index (χ1v) is 3.96. The Kier molecular flexibility index (Phi) is 2.94. The maximum absolute atomic E-state index is 8.38. The van der Waals surface area contributed by atoms with Gasteiger partial charge in [0.1, 0.15) is 0 Å². The number of hydrogen-bond donors (Lipinski definition) is 0. The lowest BCUT2D eigenvalue weighted by molar-refractivity contribution is 0.350. The fourth-order valence-electron chi connectivity index (χ4n) is 0.736. The number of hydrogen-bond acceptors (Lipinski definition) is 3. The first-order chi connectivity index (χ1) is 5.77. The van der Waals surface area contributed by atoms with Gasteiger partial charge in [0.2, 0.25) is 0 Å². The number of allylic oxidation sites excluding steroid dienone is 1. The van der Waals surface area contributed by atoms with Crippen LogP contribution in [0.4, 0.5) is 0 Å². The Balaban J connectivity index is 2.97. The molecule has 62 valence electrons. The van der Waals surface area contributed by atoms with Crippen molar-refractivity contribution < 1.29 is 9.15 Å². The minimum Gasteiger partial charge on any atom is -0.492 e. The summed E-state index contributed by atoms with van der Waals surface area (Å²) in [5.41, 5.74) is 0. The Morgan fingerprint density at radius 3 is 2.92 bits per heavy atom. The quantitative estimate of drug-likeness (QED) is 0.577. The summed E-state index contributed by atoms with van der Waals surface area (Å²) in [6.45, 7) is 0. The van der Waals surface area contributed by atoms with E-state index in [1.54, 1.807) is 12.1 Å². The maximum atomic E-state index is 8.38. The molecule has 0 spiro atoms. The van der Waals surface area contributed by atoms with Crippen LogP contribution in [0.5, 0.6) is 0 Å². The van der Waals surface area contributed by atoms with Gasteiger partial charge in [-0.3, -0.25) is 0 Å². The van der Waals surface area contributed by atoms with Crippen LogP contribution in [0.3, 0.4) is 0 Å². The van der Waals surface area contributed by atoms with Crippen molar-refractivity contribution >= 4 is 21.7 Å². The summed E-state index contributed by atoms with van der Waals surface area (Å²) in [6.07, 6.45) is 1.28. The topological polar surface area (TPSA) is 46.2 Å². The number of halogens is 1. The Labute approximate surface area is 78.4 Å². The summed E-state index contributed by atoms with van der Waals surface area (Å²) in [5.74, 6) is 0.953. The van der Waals surface area contributed by atoms with Gasteiger partial charge in [-0.1, -0.05) is 0 Å². The van der Waals surface area contributed by atoms with E-state index in [-0.39, 0.29) is 0 Å². The summed E-state index contributed by atoms with van der Waals surface area (Å²) in [5, 5.41) is 8.38. The fraction of sp³-hybridized carbons (Fsp3) is 0.125. The number of ether oxygens (including phenoxy) is 1. The third-order valence-corrected chi connectivity index (χ3v) is 1.66. The van der Waals surface area contributed by atoms with E-state index in [1.807, 2.05) is 6.07 Å². The molecule has 0 saturated carbocycles. The predicted molar refractivity (Wildman–Crippen MR) is 47.0 cm³/mol. The molecule has 0 saturated heterocycles. The highest BCUT2D eigenvalue weighted by atomic mass is 79.9. The van der Waals surface area contributed by atoms with Crippen LogP contribution in [0.1, 0.15) is 5.76 Å². The molecule has 0 aliphatic rings. The second-order valence-electron chi connectivity index (χ2n) is 1.95. The number of nitrogens with zero attached hydrogens (tertiary/aromatic N) is 1. The highest BCUT2D eigenvalue weighted by Crippen LogP contribution is 2.21. The van der Waals surface area contributed by atoms with Crippen molar-refractivity contribution in [1.29, 1.82) is 5.26 Å². The number of nitriles is 1. The lowest BCUT2D eigenvalue weighted by atomic mass is 10.3. The van der Waals surface area contributed by atoms with Gasteiger partial charge in [-0.15, -0.1) is 0 Å². The monoisotopic (exact) mass is 227 g/mol. The Morgan fingerprint density at radius 2 is 2.50 bits per heavy atom. The number of furan rings is 1. The molecule has 1 heterocycles. The third-order valence-electron chi connectivity index (χ3n) is 1.23. The van der Waals surface area contributed by atoms with E-state index in [1.165, 1.54) is 13.2 Å². The zero-order chi connectivity index (χ0) is 8.97. The molecule has 1 aromatic heterocycles. The van der Waals surface area contributed by atoms with Crippen LogP contribution in [0, 0.1) is 11.3 Å². The van der Waals surface area contributed by atoms with E-state index >= 15 is 0 Å². The lowest BCUT2D eigenvalue weighted by Crippen LogP contribution is -1.82. The van der Waals surface area contributed by atoms with Gasteiger partial charge in [0.05, 0.1) is 19.3 Å². The van der Waals surface area contributed by atoms with Gasteiger partial charge in [0.15, 0.2) is 16.2 Å². The van der Waals surface area contributed by atoms with Gasteiger partial charge in [-0.2, -0.15) is 5.26 Å². The van der Waals surface area contributed by atoms with Crippen molar-refractivity contribution in [1.82, 2.24) is 0 Å². The SMILES string of the molecule is COC(=CC#N)c1ccc(Br)o1. The zero-order valence-electron chi connectivity index (χ0n) is 6.37. The second kappa shape index (κ2) is 3.98. The molecule has 0 amide bonds. The fourth-order valence-corrected chi connectivity index (χ4v) is 1.04. The molecule has 0 atom stereocenters. The van der Waals surface area contributed by atoms with Gasteiger partial charge >= 0.3 is 0 Å². The first kappa shape index (κ1) is 8.88. The van der Waals surface area contributed by atoms with Crippen molar-refractivity contribution in [3.05, 3.63) is 28.6 Å². The number of methoxy groups -OCH3 is 1. The highest BCUT2D eigenvalue weighted by Gasteiger charge is 2.05. The Bertz CT molecular complexity index is 335. The Morgan fingerprint density at radius 1 is 1.75 bits per heavy atom. The molecule has 12 heavy (non-hydrogen) atoms. The molecular formula is C8H6BrNO2. The molecule has 1 rings (SSSR count). The zero-order valence-corrected chi connectivity index (χ0v) is 7.96. The van der Waals surface area contributed by atoms with Crippen LogP contribution in [0.2, 0.25) is 0 Å². The minimum absolute atomic E-state index is 0.420. The summed E-state index contributed by atoms with van der Waals surface area (Å²) in [7, 11) is 1.49. The molecule has 4 heteroatoms. The molecule has 0 radical (unpaired) electrons. The van der Waals surface area contributed by atoms with Gasteiger partial charge < -0.3 is 9.15 Å². The number of rotatable bonds is 2. The average molecular weight is 228 g/mol.